The average molecular weight is 268 g/mol. The Morgan fingerprint density at radius 2 is 2.11 bits per heavy atom. The van der Waals surface area contributed by atoms with Crippen LogP contribution in [0.5, 0.6) is 0 Å². The van der Waals surface area contributed by atoms with Crippen LogP contribution in [-0.2, 0) is 0 Å². The normalized spacial score (nSPS) is 18.1. The van der Waals surface area contributed by atoms with Crippen LogP contribution in [0.15, 0.2) is 23.4 Å². The van der Waals surface area contributed by atoms with Crippen molar-refractivity contribution < 1.29 is 5.21 Å². The van der Waals surface area contributed by atoms with E-state index in [1.165, 1.54) is 12.8 Å². The molecule has 0 aromatic heterocycles. The Kier molecular flexibility index (Phi) is 3.97. The maximum atomic E-state index is 8.64. The molecule has 0 saturated carbocycles. The third-order valence-corrected chi connectivity index (χ3v) is 3.78. The first kappa shape index (κ1) is 13.0. The van der Waals surface area contributed by atoms with Crippen molar-refractivity contribution in [3.8, 4) is 0 Å². The predicted molar refractivity (Wildman–Crippen MR) is 74.6 cm³/mol. The molecule has 18 heavy (non-hydrogen) atoms. The van der Waals surface area contributed by atoms with Crippen molar-refractivity contribution in [2.45, 2.75) is 19.8 Å². The summed E-state index contributed by atoms with van der Waals surface area (Å²) in [5, 5.41) is 12.3. The largest absolute Gasteiger partial charge is 0.409 e. The lowest BCUT2D eigenvalue weighted by atomic mass is 9.98. The molecule has 0 spiro atoms. The van der Waals surface area contributed by atoms with E-state index in [0.29, 0.717) is 10.6 Å². The lowest BCUT2D eigenvalue weighted by molar-refractivity contribution is 0.318. The number of anilines is 1. The molecular weight excluding hydrogens is 250 g/mol. The lowest BCUT2D eigenvalue weighted by Gasteiger charge is -2.32. The summed E-state index contributed by atoms with van der Waals surface area (Å²) < 4.78 is 0. The minimum absolute atomic E-state index is 0.0794. The molecule has 1 aliphatic heterocycles. The standard InChI is InChI=1S/C13H18ClN3O/c1-9-4-6-17(7-5-9)12-3-2-10(8-11(12)14)13(15)16-18/h2-3,8-9,18H,4-7H2,1H3,(H2,15,16). The molecule has 1 aromatic rings. The van der Waals surface area contributed by atoms with Gasteiger partial charge < -0.3 is 15.8 Å². The van der Waals surface area contributed by atoms with Gasteiger partial charge in [0.15, 0.2) is 5.84 Å². The van der Waals surface area contributed by atoms with Crippen molar-refractivity contribution in [2.24, 2.45) is 16.8 Å². The third-order valence-electron chi connectivity index (χ3n) is 3.48. The van der Waals surface area contributed by atoms with Gasteiger partial charge >= 0.3 is 0 Å². The van der Waals surface area contributed by atoms with Gasteiger partial charge in [0, 0.05) is 18.7 Å². The summed E-state index contributed by atoms with van der Waals surface area (Å²) >= 11 is 6.27. The minimum Gasteiger partial charge on any atom is -0.409 e. The van der Waals surface area contributed by atoms with Gasteiger partial charge in [-0.3, -0.25) is 0 Å². The van der Waals surface area contributed by atoms with Crippen LogP contribution in [0.3, 0.4) is 0 Å². The summed E-state index contributed by atoms with van der Waals surface area (Å²) in [4.78, 5) is 2.29. The van der Waals surface area contributed by atoms with Gasteiger partial charge in [-0.25, -0.2) is 0 Å². The number of halogens is 1. The van der Waals surface area contributed by atoms with E-state index in [2.05, 4.69) is 17.0 Å². The molecule has 98 valence electrons. The molecule has 1 fully saturated rings. The Morgan fingerprint density at radius 3 is 2.67 bits per heavy atom. The van der Waals surface area contributed by atoms with E-state index in [-0.39, 0.29) is 5.84 Å². The summed E-state index contributed by atoms with van der Waals surface area (Å²) in [6.45, 7) is 4.34. The molecule has 0 amide bonds. The number of oxime groups is 1. The van der Waals surface area contributed by atoms with Gasteiger partial charge in [0.2, 0.25) is 0 Å². The average Bonchev–Trinajstić information content (AvgIpc) is 2.39. The highest BCUT2D eigenvalue weighted by Crippen LogP contribution is 2.30. The Labute approximate surface area is 112 Å². The van der Waals surface area contributed by atoms with E-state index in [0.717, 1.165) is 24.7 Å². The van der Waals surface area contributed by atoms with Crippen LogP contribution >= 0.6 is 11.6 Å². The zero-order valence-corrected chi connectivity index (χ0v) is 11.2. The van der Waals surface area contributed by atoms with E-state index in [4.69, 9.17) is 22.5 Å². The molecule has 2 rings (SSSR count). The summed E-state index contributed by atoms with van der Waals surface area (Å²) in [6, 6.07) is 5.50. The molecule has 0 aliphatic carbocycles. The number of nitrogens with two attached hydrogens (primary N) is 1. The topological polar surface area (TPSA) is 61.8 Å². The number of benzene rings is 1. The zero-order valence-electron chi connectivity index (χ0n) is 10.4. The highest BCUT2D eigenvalue weighted by Gasteiger charge is 2.18. The fourth-order valence-corrected chi connectivity index (χ4v) is 2.53. The number of nitrogens with zero attached hydrogens (tertiary/aromatic N) is 2. The van der Waals surface area contributed by atoms with Crippen molar-refractivity contribution in [1.29, 1.82) is 0 Å². The second-order valence-corrected chi connectivity index (χ2v) is 5.23. The monoisotopic (exact) mass is 267 g/mol. The van der Waals surface area contributed by atoms with Gasteiger partial charge in [0.25, 0.3) is 0 Å². The molecule has 0 unspecified atom stereocenters. The van der Waals surface area contributed by atoms with Gasteiger partial charge in [0.05, 0.1) is 10.7 Å². The van der Waals surface area contributed by atoms with Crippen molar-refractivity contribution in [1.82, 2.24) is 0 Å². The predicted octanol–water partition coefficient (Wildman–Crippen LogP) is 2.67. The highest BCUT2D eigenvalue weighted by atomic mass is 35.5. The smallest absolute Gasteiger partial charge is 0.170 e. The van der Waals surface area contributed by atoms with Crippen LogP contribution in [0.25, 0.3) is 0 Å². The number of hydrogen-bond acceptors (Lipinski definition) is 3. The van der Waals surface area contributed by atoms with E-state index >= 15 is 0 Å². The molecule has 3 N–H and O–H groups in total. The van der Waals surface area contributed by atoms with Gasteiger partial charge in [-0.2, -0.15) is 0 Å². The SMILES string of the molecule is CC1CCN(c2ccc(C(N)=NO)cc2Cl)CC1. The molecule has 1 saturated heterocycles. The fraction of sp³-hybridized carbons (Fsp3) is 0.462. The molecule has 0 bridgehead atoms. The van der Waals surface area contributed by atoms with E-state index in [1.807, 2.05) is 12.1 Å². The van der Waals surface area contributed by atoms with Crippen LogP contribution in [0.4, 0.5) is 5.69 Å². The van der Waals surface area contributed by atoms with Crippen LogP contribution in [0, 0.1) is 5.92 Å². The molecule has 1 aromatic carbocycles. The number of piperidine rings is 1. The Balaban J connectivity index is 2.20. The second kappa shape index (κ2) is 5.48. The summed E-state index contributed by atoms with van der Waals surface area (Å²) in [7, 11) is 0. The van der Waals surface area contributed by atoms with Crippen LogP contribution < -0.4 is 10.6 Å². The summed E-state index contributed by atoms with van der Waals surface area (Å²) in [6.07, 6.45) is 2.39. The molecule has 1 heterocycles. The zero-order chi connectivity index (χ0) is 13.1. The molecular formula is C13H18ClN3O. The first-order chi connectivity index (χ1) is 8.61. The van der Waals surface area contributed by atoms with Crippen LogP contribution in [0.1, 0.15) is 25.3 Å². The van der Waals surface area contributed by atoms with Gasteiger partial charge in [0.1, 0.15) is 0 Å². The van der Waals surface area contributed by atoms with Crippen molar-refractivity contribution in [2.75, 3.05) is 18.0 Å². The van der Waals surface area contributed by atoms with Crippen molar-refractivity contribution in [3.63, 3.8) is 0 Å². The molecule has 1 aliphatic rings. The fourth-order valence-electron chi connectivity index (χ4n) is 2.23. The molecule has 0 radical (unpaired) electrons. The first-order valence-electron chi connectivity index (χ1n) is 6.14. The minimum atomic E-state index is 0.0794. The summed E-state index contributed by atoms with van der Waals surface area (Å²) in [5.74, 6) is 0.868. The second-order valence-electron chi connectivity index (χ2n) is 4.82. The van der Waals surface area contributed by atoms with Crippen molar-refractivity contribution >= 4 is 23.1 Å². The van der Waals surface area contributed by atoms with E-state index in [1.54, 1.807) is 6.07 Å². The number of rotatable bonds is 2. The first-order valence-corrected chi connectivity index (χ1v) is 6.52. The number of hydrogen-bond donors (Lipinski definition) is 2. The van der Waals surface area contributed by atoms with Gasteiger partial charge in [-0.1, -0.05) is 23.7 Å². The maximum absolute atomic E-state index is 8.64. The van der Waals surface area contributed by atoms with Crippen molar-refractivity contribution in [3.05, 3.63) is 28.8 Å². The Bertz CT molecular complexity index is 454. The number of amidine groups is 1. The molecule has 5 heteroatoms. The van der Waals surface area contributed by atoms with E-state index in [9.17, 15) is 0 Å². The van der Waals surface area contributed by atoms with Crippen LogP contribution in [-0.4, -0.2) is 24.1 Å². The highest BCUT2D eigenvalue weighted by molar-refractivity contribution is 6.33. The van der Waals surface area contributed by atoms with Crippen LogP contribution in [0.2, 0.25) is 5.02 Å². The summed E-state index contributed by atoms with van der Waals surface area (Å²) in [5.41, 5.74) is 7.20. The van der Waals surface area contributed by atoms with Gasteiger partial charge in [-0.15, -0.1) is 0 Å². The maximum Gasteiger partial charge on any atom is 0.170 e. The molecule has 4 nitrogen and oxygen atoms in total. The van der Waals surface area contributed by atoms with Gasteiger partial charge in [-0.05, 0) is 37.0 Å². The lowest BCUT2D eigenvalue weighted by Crippen LogP contribution is -2.33. The third kappa shape index (κ3) is 2.70. The Morgan fingerprint density at radius 1 is 1.44 bits per heavy atom. The molecule has 0 atom stereocenters. The van der Waals surface area contributed by atoms with E-state index < -0.39 is 0 Å². The quantitative estimate of drug-likeness (QED) is 0.375. The Hall–Kier alpha value is -1.42.